The lowest BCUT2D eigenvalue weighted by Crippen LogP contribution is -2.37. The van der Waals surface area contributed by atoms with Gasteiger partial charge in [0.2, 0.25) is 0 Å². The maximum atomic E-state index is 11.6. The minimum Gasteiger partial charge on any atom is -0.756 e. The van der Waals surface area contributed by atoms with Gasteiger partial charge in [-0.25, -0.2) is 0 Å². The Morgan fingerprint density at radius 1 is 0.556 bits per heavy atom. The van der Waals surface area contributed by atoms with Crippen molar-refractivity contribution in [2.75, 3.05) is 99.5 Å². The molecule has 0 fully saturated rings. The number of thiol groups is 1. The first-order valence-electron chi connectivity index (χ1n) is 13.6. The van der Waals surface area contributed by atoms with Crippen molar-refractivity contribution in [3.8, 4) is 0 Å². The Morgan fingerprint density at radius 2 is 0.917 bits per heavy atom. The van der Waals surface area contributed by atoms with Gasteiger partial charge in [-0.1, -0.05) is 51.4 Å². The van der Waals surface area contributed by atoms with Crippen molar-refractivity contribution >= 4 is 20.5 Å². The number of nitrogens with zero attached hydrogens (tertiary/aromatic N) is 1. The molecule has 0 aromatic carbocycles. The first-order chi connectivity index (χ1) is 17.3. The summed E-state index contributed by atoms with van der Waals surface area (Å²) in [5, 5.41) is 0. The van der Waals surface area contributed by atoms with Crippen LogP contribution in [0.2, 0.25) is 0 Å². The molecule has 0 aliphatic heterocycles. The summed E-state index contributed by atoms with van der Waals surface area (Å²) in [5.74, 6) is 1.02. The predicted molar refractivity (Wildman–Crippen MR) is 146 cm³/mol. The zero-order valence-electron chi connectivity index (χ0n) is 23.2. The second-order valence-corrected chi connectivity index (χ2v) is 11.7. The number of ether oxygens (including phenoxy) is 4. The number of phosphoric ester groups is 1. The third-order valence-corrected chi connectivity index (χ3v) is 6.62. The molecule has 0 aliphatic rings. The summed E-state index contributed by atoms with van der Waals surface area (Å²) in [6, 6.07) is 0. The number of hydrogen-bond acceptors (Lipinski definition) is 9. The van der Waals surface area contributed by atoms with Crippen molar-refractivity contribution in [3.05, 3.63) is 0 Å². The SMILES string of the molecule is C[N+](C)(C)CCOP(=O)([O-])OCCOCCOCCOCCOCCCCCCCCCCCCS. The second kappa shape index (κ2) is 25.5. The van der Waals surface area contributed by atoms with Gasteiger partial charge in [0.1, 0.15) is 13.2 Å². The van der Waals surface area contributed by atoms with E-state index in [0.29, 0.717) is 50.7 Å². The molecule has 36 heavy (non-hydrogen) atoms. The molecule has 0 aliphatic carbocycles. The van der Waals surface area contributed by atoms with Gasteiger partial charge >= 0.3 is 0 Å². The van der Waals surface area contributed by atoms with Crippen LogP contribution in [0.1, 0.15) is 64.2 Å². The van der Waals surface area contributed by atoms with Gasteiger partial charge in [-0.3, -0.25) is 4.57 Å². The molecule has 0 bridgehead atoms. The Labute approximate surface area is 226 Å². The van der Waals surface area contributed by atoms with Gasteiger partial charge in [0.25, 0.3) is 7.82 Å². The molecule has 0 saturated carbocycles. The average molecular weight is 560 g/mol. The Balaban J connectivity index is 3.20. The standard InChI is InChI=1S/C25H54NO8PS/c1-26(2,3)14-16-33-35(27,28)34-24-23-32-22-21-31-20-19-30-18-17-29-15-12-10-8-6-4-5-7-9-11-13-25-36/h4-25H2,1-3H3,(H-,27,28,36). The van der Waals surface area contributed by atoms with Gasteiger partial charge in [-0.05, 0) is 18.6 Å². The molecule has 0 spiro atoms. The minimum absolute atomic E-state index is 0.0779. The topological polar surface area (TPSA) is 95.5 Å². The normalized spacial score (nSPS) is 13.8. The van der Waals surface area contributed by atoms with Crippen LogP contribution < -0.4 is 4.89 Å². The van der Waals surface area contributed by atoms with Crippen LogP contribution in [0.3, 0.4) is 0 Å². The lowest BCUT2D eigenvalue weighted by molar-refractivity contribution is -0.870. The number of quaternary nitrogens is 1. The van der Waals surface area contributed by atoms with E-state index in [4.69, 9.17) is 28.0 Å². The number of rotatable bonds is 29. The number of phosphoric acid groups is 1. The van der Waals surface area contributed by atoms with Crippen molar-refractivity contribution in [3.63, 3.8) is 0 Å². The van der Waals surface area contributed by atoms with Gasteiger partial charge in [0.15, 0.2) is 0 Å². The van der Waals surface area contributed by atoms with Crippen LogP contribution in [0, 0.1) is 0 Å². The van der Waals surface area contributed by atoms with E-state index in [2.05, 4.69) is 12.6 Å². The fraction of sp³-hybridized carbons (Fsp3) is 1.00. The van der Waals surface area contributed by atoms with E-state index in [1.54, 1.807) is 0 Å². The summed E-state index contributed by atoms with van der Waals surface area (Å²) < 4.78 is 43.6. The summed E-state index contributed by atoms with van der Waals surface area (Å²) in [7, 11) is 1.59. The van der Waals surface area contributed by atoms with E-state index in [9.17, 15) is 9.46 Å². The monoisotopic (exact) mass is 559 g/mol. The van der Waals surface area contributed by atoms with Crippen LogP contribution in [0.5, 0.6) is 0 Å². The molecular weight excluding hydrogens is 505 g/mol. The van der Waals surface area contributed by atoms with E-state index in [1.807, 2.05) is 21.1 Å². The molecule has 0 N–H and O–H groups in total. The highest BCUT2D eigenvalue weighted by Crippen LogP contribution is 2.37. The molecule has 1 atom stereocenters. The summed E-state index contributed by atoms with van der Waals surface area (Å²) in [6.45, 7) is 4.45. The van der Waals surface area contributed by atoms with E-state index < -0.39 is 7.82 Å². The fourth-order valence-corrected chi connectivity index (χ4v) is 4.07. The first-order valence-corrected chi connectivity index (χ1v) is 15.7. The maximum Gasteiger partial charge on any atom is 0.268 e. The van der Waals surface area contributed by atoms with Crippen molar-refractivity contribution in [2.24, 2.45) is 0 Å². The highest BCUT2D eigenvalue weighted by Gasteiger charge is 2.13. The average Bonchev–Trinajstić information content (AvgIpc) is 2.80. The van der Waals surface area contributed by atoms with Crippen molar-refractivity contribution < 1.29 is 41.9 Å². The largest absolute Gasteiger partial charge is 0.756 e. The van der Waals surface area contributed by atoms with Crippen LogP contribution in [0.4, 0.5) is 0 Å². The van der Waals surface area contributed by atoms with Crippen molar-refractivity contribution in [1.29, 1.82) is 0 Å². The summed E-state index contributed by atoms with van der Waals surface area (Å²) in [5.41, 5.74) is 0. The molecule has 0 amide bonds. The van der Waals surface area contributed by atoms with Crippen molar-refractivity contribution in [2.45, 2.75) is 64.2 Å². The van der Waals surface area contributed by atoms with Gasteiger partial charge in [0, 0.05) is 6.61 Å². The molecule has 9 nitrogen and oxygen atoms in total. The molecule has 1 unspecified atom stereocenters. The van der Waals surface area contributed by atoms with Crippen LogP contribution in [0.25, 0.3) is 0 Å². The highest BCUT2D eigenvalue weighted by molar-refractivity contribution is 7.80. The van der Waals surface area contributed by atoms with Gasteiger partial charge in [-0.2, -0.15) is 12.6 Å². The lowest BCUT2D eigenvalue weighted by atomic mass is 10.1. The molecule has 0 rings (SSSR count). The lowest BCUT2D eigenvalue weighted by Gasteiger charge is -2.27. The minimum atomic E-state index is -4.28. The molecule has 0 heterocycles. The van der Waals surface area contributed by atoms with E-state index >= 15 is 0 Å². The highest BCUT2D eigenvalue weighted by atomic mass is 32.1. The summed E-state index contributed by atoms with van der Waals surface area (Å²) in [4.78, 5) is 11.6. The van der Waals surface area contributed by atoms with E-state index in [0.717, 1.165) is 18.8 Å². The van der Waals surface area contributed by atoms with Crippen LogP contribution >= 0.6 is 20.5 Å². The molecule has 218 valence electrons. The van der Waals surface area contributed by atoms with Crippen LogP contribution in [-0.4, -0.2) is 104 Å². The first kappa shape index (κ1) is 36.3. The Bertz CT molecular complexity index is 511. The van der Waals surface area contributed by atoms with E-state index in [-0.39, 0.29) is 19.8 Å². The smallest absolute Gasteiger partial charge is 0.268 e. The van der Waals surface area contributed by atoms with Gasteiger partial charge in [0.05, 0.1) is 74.0 Å². The second-order valence-electron chi connectivity index (χ2n) is 9.84. The van der Waals surface area contributed by atoms with Crippen LogP contribution in [-0.2, 0) is 32.6 Å². The van der Waals surface area contributed by atoms with Crippen molar-refractivity contribution in [1.82, 2.24) is 0 Å². The molecular formula is C25H54NO8PS. The fourth-order valence-electron chi connectivity index (χ4n) is 3.16. The number of unbranched alkanes of at least 4 members (excludes halogenated alkanes) is 9. The quantitative estimate of drug-likeness (QED) is 0.0634. The zero-order chi connectivity index (χ0) is 26.8. The number of hydrogen-bond donors (Lipinski definition) is 1. The Kier molecular flexibility index (Phi) is 25.7. The summed E-state index contributed by atoms with van der Waals surface area (Å²) >= 11 is 4.24. The Morgan fingerprint density at radius 3 is 1.36 bits per heavy atom. The van der Waals surface area contributed by atoms with Gasteiger partial charge in [-0.15, -0.1) is 0 Å². The predicted octanol–water partition coefficient (Wildman–Crippen LogP) is 4.09. The van der Waals surface area contributed by atoms with Gasteiger partial charge < -0.3 is 37.4 Å². The molecule has 0 aromatic rings. The molecule has 0 aromatic heterocycles. The molecule has 11 heteroatoms. The Hall–Kier alpha value is 0.260. The third-order valence-electron chi connectivity index (χ3n) is 5.30. The third kappa shape index (κ3) is 30.5. The zero-order valence-corrected chi connectivity index (χ0v) is 25.0. The molecule has 0 saturated heterocycles. The maximum absolute atomic E-state index is 11.6. The summed E-state index contributed by atoms with van der Waals surface area (Å²) in [6.07, 6.45) is 13.0. The number of likely N-dealkylation sites (N-methyl/N-ethyl adjacent to an activating group) is 1. The van der Waals surface area contributed by atoms with Crippen LogP contribution in [0.15, 0.2) is 0 Å². The molecule has 0 radical (unpaired) electrons. The van der Waals surface area contributed by atoms with E-state index in [1.165, 1.54) is 57.8 Å².